The minimum atomic E-state index is -0.570. The second-order valence-electron chi connectivity index (χ2n) is 4.51. The van der Waals surface area contributed by atoms with Crippen LogP contribution in [0.25, 0.3) is 11.0 Å². The molecule has 2 N–H and O–H groups in total. The third kappa shape index (κ3) is 2.57. The molecular formula is C15H21NO2. The molecule has 1 aromatic heterocycles. The van der Waals surface area contributed by atoms with Gasteiger partial charge in [-0.2, -0.15) is 0 Å². The first-order chi connectivity index (χ1) is 8.77. The van der Waals surface area contributed by atoms with Crippen molar-refractivity contribution in [3.05, 3.63) is 35.6 Å². The molecular weight excluding hydrogens is 226 g/mol. The van der Waals surface area contributed by atoms with Gasteiger partial charge in [0.1, 0.15) is 17.4 Å². The molecule has 1 atom stereocenters. The van der Waals surface area contributed by atoms with Crippen molar-refractivity contribution in [2.24, 2.45) is 0 Å². The summed E-state index contributed by atoms with van der Waals surface area (Å²) >= 11 is 0. The molecule has 1 heterocycles. The monoisotopic (exact) mass is 247 g/mol. The normalized spacial score (nSPS) is 13.1. The highest BCUT2D eigenvalue weighted by Gasteiger charge is 2.18. The molecule has 0 fully saturated rings. The summed E-state index contributed by atoms with van der Waals surface area (Å²) in [7, 11) is 0. The van der Waals surface area contributed by atoms with Crippen molar-refractivity contribution in [1.29, 1.82) is 0 Å². The van der Waals surface area contributed by atoms with Crippen LogP contribution in [0, 0.1) is 0 Å². The highest BCUT2D eigenvalue weighted by atomic mass is 16.4. The highest BCUT2D eigenvalue weighted by molar-refractivity contribution is 5.82. The van der Waals surface area contributed by atoms with Crippen molar-refractivity contribution in [2.75, 3.05) is 13.1 Å². The van der Waals surface area contributed by atoms with Gasteiger partial charge in [0, 0.05) is 17.5 Å². The molecule has 1 aromatic carbocycles. The number of hydrogen-bond acceptors (Lipinski definition) is 3. The van der Waals surface area contributed by atoms with E-state index in [0.717, 1.165) is 35.9 Å². The molecule has 0 spiro atoms. The van der Waals surface area contributed by atoms with Crippen molar-refractivity contribution in [3.63, 3.8) is 0 Å². The topological polar surface area (TPSA) is 45.4 Å². The van der Waals surface area contributed by atoms with Crippen LogP contribution in [-0.4, -0.2) is 18.2 Å². The zero-order valence-electron chi connectivity index (χ0n) is 11.1. The van der Waals surface area contributed by atoms with E-state index in [1.165, 1.54) is 0 Å². The third-order valence-electron chi connectivity index (χ3n) is 3.15. The lowest BCUT2D eigenvalue weighted by Gasteiger charge is -2.10. The Kier molecular flexibility index (Phi) is 4.39. The Labute approximate surface area is 108 Å². The lowest BCUT2D eigenvalue weighted by molar-refractivity contribution is 0.149. The van der Waals surface area contributed by atoms with Gasteiger partial charge in [-0.15, -0.1) is 0 Å². The molecule has 0 bridgehead atoms. The van der Waals surface area contributed by atoms with Gasteiger partial charge in [-0.25, -0.2) is 0 Å². The van der Waals surface area contributed by atoms with Crippen molar-refractivity contribution in [1.82, 2.24) is 5.32 Å². The number of fused-ring (bicyclic) bond motifs is 1. The van der Waals surface area contributed by atoms with E-state index in [1.807, 2.05) is 24.3 Å². The molecule has 0 amide bonds. The van der Waals surface area contributed by atoms with Crippen molar-refractivity contribution in [3.8, 4) is 0 Å². The number of hydrogen-bond donors (Lipinski definition) is 2. The largest absolute Gasteiger partial charge is 0.458 e. The average molecular weight is 247 g/mol. The van der Waals surface area contributed by atoms with E-state index >= 15 is 0 Å². The van der Waals surface area contributed by atoms with Gasteiger partial charge in [0.15, 0.2) is 0 Å². The van der Waals surface area contributed by atoms with Crippen LogP contribution in [0.5, 0.6) is 0 Å². The first-order valence-corrected chi connectivity index (χ1v) is 6.67. The van der Waals surface area contributed by atoms with Crippen LogP contribution < -0.4 is 5.32 Å². The number of aryl methyl sites for hydroxylation is 1. The van der Waals surface area contributed by atoms with Gasteiger partial charge in [0.25, 0.3) is 0 Å². The Morgan fingerprint density at radius 1 is 1.28 bits per heavy atom. The first-order valence-electron chi connectivity index (χ1n) is 6.67. The summed E-state index contributed by atoms with van der Waals surface area (Å²) in [5.41, 5.74) is 1.98. The molecule has 0 aliphatic heterocycles. The maximum Gasteiger partial charge on any atom is 0.138 e. The number of furan rings is 1. The molecule has 0 saturated carbocycles. The fourth-order valence-corrected chi connectivity index (χ4v) is 2.26. The van der Waals surface area contributed by atoms with E-state index in [9.17, 15) is 5.11 Å². The number of aliphatic hydroxyl groups excluding tert-OH is 1. The molecule has 98 valence electrons. The molecule has 1 unspecified atom stereocenters. The summed E-state index contributed by atoms with van der Waals surface area (Å²) in [5, 5.41) is 14.5. The van der Waals surface area contributed by atoms with E-state index in [-0.39, 0.29) is 0 Å². The number of aliphatic hydroxyl groups is 1. The zero-order chi connectivity index (χ0) is 13.0. The predicted octanol–water partition coefficient (Wildman–Crippen LogP) is 3.03. The average Bonchev–Trinajstić information content (AvgIpc) is 2.77. The van der Waals surface area contributed by atoms with Crippen molar-refractivity contribution < 1.29 is 9.52 Å². The molecule has 0 radical (unpaired) electrons. The Balaban J connectivity index is 2.26. The summed E-state index contributed by atoms with van der Waals surface area (Å²) in [5.74, 6) is 0.710. The number of para-hydroxylation sites is 1. The minimum Gasteiger partial charge on any atom is -0.458 e. The fraction of sp³-hybridized carbons (Fsp3) is 0.467. The number of rotatable bonds is 6. The number of nitrogens with one attached hydrogen (secondary N) is 1. The minimum absolute atomic E-state index is 0.542. The van der Waals surface area contributed by atoms with Crippen molar-refractivity contribution in [2.45, 2.75) is 32.8 Å². The lowest BCUT2D eigenvalue weighted by Crippen LogP contribution is -2.22. The molecule has 0 saturated heterocycles. The molecule has 3 nitrogen and oxygen atoms in total. The van der Waals surface area contributed by atoms with Crippen molar-refractivity contribution >= 4 is 11.0 Å². The van der Waals surface area contributed by atoms with E-state index in [2.05, 4.69) is 19.2 Å². The summed E-state index contributed by atoms with van der Waals surface area (Å²) < 4.78 is 5.79. The predicted molar refractivity (Wildman–Crippen MR) is 73.7 cm³/mol. The Morgan fingerprint density at radius 2 is 2.06 bits per heavy atom. The summed E-state index contributed by atoms with van der Waals surface area (Å²) in [6.45, 7) is 5.66. The van der Waals surface area contributed by atoms with Gasteiger partial charge in [-0.05, 0) is 25.5 Å². The highest BCUT2D eigenvalue weighted by Crippen LogP contribution is 2.30. The van der Waals surface area contributed by atoms with Gasteiger partial charge in [-0.1, -0.05) is 32.0 Å². The maximum absolute atomic E-state index is 10.2. The number of benzene rings is 1. The van der Waals surface area contributed by atoms with Crippen LogP contribution in [0.15, 0.2) is 28.7 Å². The van der Waals surface area contributed by atoms with Crippen LogP contribution in [0.2, 0.25) is 0 Å². The molecule has 0 aliphatic rings. The summed E-state index contributed by atoms with van der Waals surface area (Å²) in [6.07, 6.45) is 1.36. The van der Waals surface area contributed by atoms with Crippen LogP contribution in [0.3, 0.4) is 0 Å². The van der Waals surface area contributed by atoms with Gasteiger partial charge < -0.3 is 14.8 Å². The molecule has 3 heteroatoms. The SMILES string of the molecule is CCCNCC(O)c1oc2ccccc2c1CC. The van der Waals surface area contributed by atoms with E-state index in [0.29, 0.717) is 12.3 Å². The Hall–Kier alpha value is -1.32. The van der Waals surface area contributed by atoms with Crippen LogP contribution in [-0.2, 0) is 6.42 Å². The Morgan fingerprint density at radius 3 is 2.78 bits per heavy atom. The molecule has 18 heavy (non-hydrogen) atoms. The molecule has 2 rings (SSSR count). The van der Waals surface area contributed by atoms with Gasteiger partial charge in [0.05, 0.1) is 0 Å². The second-order valence-corrected chi connectivity index (χ2v) is 4.51. The Bertz CT molecular complexity index is 504. The van der Waals surface area contributed by atoms with E-state index in [1.54, 1.807) is 0 Å². The summed E-state index contributed by atoms with van der Waals surface area (Å²) in [6, 6.07) is 7.96. The molecule has 2 aromatic rings. The van der Waals surface area contributed by atoms with Gasteiger partial charge in [0.2, 0.25) is 0 Å². The van der Waals surface area contributed by atoms with Crippen LogP contribution >= 0.6 is 0 Å². The second kappa shape index (κ2) is 6.03. The molecule has 0 aliphatic carbocycles. The lowest BCUT2D eigenvalue weighted by atomic mass is 10.1. The van der Waals surface area contributed by atoms with Crippen LogP contribution in [0.4, 0.5) is 0 Å². The quantitative estimate of drug-likeness (QED) is 0.771. The standard InChI is InChI=1S/C15H21NO2/c1-3-9-16-10-13(17)15-11(4-2)12-7-5-6-8-14(12)18-15/h5-8,13,16-17H,3-4,9-10H2,1-2H3. The first kappa shape index (κ1) is 13.1. The summed E-state index contributed by atoms with van der Waals surface area (Å²) in [4.78, 5) is 0. The third-order valence-corrected chi connectivity index (χ3v) is 3.15. The maximum atomic E-state index is 10.2. The smallest absolute Gasteiger partial charge is 0.138 e. The van der Waals surface area contributed by atoms with E-state index < -0.39 is 6.10 Å². The zero-order valence-corrected chi connectivity index (χ0v) is 11.1. The van der Waals surface area contributed by atoms with Gasteiger partial charge >= 0.3 is 0 Å². The van der Waals surface area contributed by atoms with Crippen LogP contribution in [0.1, 0.15) is 37.7 Å². The van der Waals surface area contributed by atoms with E-state index in [4.69, 9.17) is 4.42 Å². The van der Waals surface area contributed by atoms with Gasteiger partial charge in [-0.3, -0.25) is 0 Å². The fourth-order valence-electron chi connectivity index (χ4n) is 2.26.